The minimum Gasteiger partial charge on any atom is -0.497 e. The summed E-state index contributed by atoms with van der Waals surface area (Å²) in [6, 6.07) is 16.6. The minimum atomic E-state index is -0.480. The van der Waals surface area contributed by atoms with Gasteiger partial charge in [-0.15, -0.1) is 0 Å². The Balaban J connectivity index is 1.36. The molecule has 2 heterocycles. The lowest BCUT2D eigenvalue weighted by Gasteiger charge is -2.24. The Kier molecular flexibility index (Phi) is 5.88. The molecule has 7 nitrogen and oxygen atoms in total. The number of hydrogen-bond acceptors (Lipinski definition) is 6. The molecule has 0 spiro atoms. The molecule has 0 fully saturated rings. The molecular weight excluding hydrogens is 420 g/mol. The summed E-state index contributed by atoms with van der Waals surface area (Å²) < 4.78 is 16.8. The van der Waals surface area contributed by atoms with E-state index in [0.717, 1.165) is 47.4 Å². The number of ether oxygens (including phenoxy) is 2. The highest BCUT2D eigenvalue weighted by molar-refractivity contribution is 6.03. The SMILES string of the molecule is COc1ccc(C2=NN(C(=O)COc3cccc4c3CCCC4O)C(c3ccco3)C2)cc1. The average Bonchev–Trinajstić information content (AvgIpc) is 3.53. The third-order valence-electron chi connectivity index (χ3n) is 6.24. The van der Waals surface area contributed by atoms with Gasteiger partial charge in [-0.25, -0.2) is 5.01 Å². The van der Waals surface area contributed by atoms with E-state index in [-0.39, 0.29) is 18.6 Å². The van der Waals surface area contributed by atoms with Crippen molar-refractivity contribution in [2.24, 2.45) is 5.10 Å². The van der Waals surface area contributed by atoms with Gasteiger partial charge in [0, 0.05) is 6.42 Å². The van der Waals surface area contributed by atoms with Crippen LogP contribution in [0.4, 0.5) is 0 Å². The molecule has 3 aromatic rings. The Hall–Kier alpha value is -3.58. The molecule has 33 heavy (non-hydrogen) atoms. The maximum atomic E-state index is 13.2. The second-order valence-electron chi connectivity index (χ2n) is 8.27. The number of fused-ring (bicyclic) bond motifs is 1. The van der Waals surface area contributed by atoms with E-state index in [0.29, 0.717) is 17.9 Å². The van der Waals surface area contributed by atoms with Crippen molar-refractivity contribution in [3.63, 3.8) is 0 Å². The third kappa shape index (κ3) is 4.24. The van der Waals surface area contributed by atoms with E-state index in [2.05, 4.69) is 5.10 Å². The van der Waals surface area contributed by atoms with Gasteiger partial charge in [0.15, 0.2) is 6.61 Å². The first-order chi connectivity index (χ1) is 16.1. The van der Waals surface area contributed by atoms with Crippen LogP contribution in [0.3, 0.4) is 0 Å². The molecule has 1 amide bonds. The van der Waals surface area contributed by atoms with Crippen LogP contribution in [-0.2, 0) is 11.2 Å². The van der Waals surface area contributed by atoms with Crippen molar-refractivity contribution in [1.82, 2.24) is 5.01 Å². The number of rotatable bonds is 6. The smallest absolute Gasteiger partial charge is 0.281 e. The number of nitrogens with zero attached hydrogens (tertiary/aromatic N) is 2. The van der Waals surface area contributed by atoms with Crippen LogP contribution in [0.15, 0.2) is 70.4 Å². The maximum absolute atomic E-state index is 13.2. The van der Waals surface area contributed by atoms with Crippen LogP contribution >= 0.6 is 0 Å². The van der Waals surface area contributed by atoms with Gasteiger partial charge in [-0.3, -0.25) is 4.79 Å². The highest BCUT2D eigenvalue weighted by Gasteiger charge is 2.35. The van der Waals surface area contributed by atoms with E-state index in [1.54, 1.807) is 19.4 Å². The van der Waals surface area contributed by atoms with Crippen molar-refractivity contribution in [1.29, 1.82) is 0 Å². The highest BCUT2D eigenvalue weighted by atomic mass is 16.5. The molecule has 170 valence electrons. The molecule has 2 atom stereocenters. The fraction of sp³-hybridized carbons (Fsp3) is 0.308. The highest BCUT2D eigenvalue weighted by Crippen LogP contribution is 2.36. The molecule has 0 saturated heterocycles. The van der Waals surface area contributed by atoms with Crippen LogP contribution in [0, 0.1) is 0 Å². The van der Waals surface area contributed by atoms with Crippen LogP contribution in [0.5, 0.6) is 11.5 Å². The number of aliphatic hydroxyl groups is 1. The summed E-state index contributed by atoms with van der Waals surface area (Å²) in [5.74, 6) is 1.83. The lowest BCUT2D eigenvalue weighted by Crippen LogP contribution is -2.31. The average molecular weight is 447 g/mol. The van der Waals surface area contributed by atoms with E-state index >= 15 is 0 Å². The standard InChI is InChI=1S/C26H26N2O5/c1-31-18-12-10-17(11-13-18)21-15-22(25-9-4-14-32-25)28(27-21)26(30)16-33-24-8-3-5-19-20(24)6-2-7-23(19)29/h3-5,8-14,22-23,29H,2,6-7,15-16H2,1H3. The fourth-order valence-electron chi connectivity index (χ4n) is 4.53. The van der Waals surface area contributed by atoms with E-state index in [4.69, 9.17) is 13.9 Å². The second-order valence-corrected chi connectivity index (χ2v) is 8.27. The summed E-state index contributed by atoms with van der Waals surface area (Å²) in [4.78, 5) is 13.2. The number of carbonyl (C=O) groups is 1. The van der Waals surface area contributed by atoms with Gasteiger partial charge in [0.1, 0.15) is 23.3 Å². The van der Waals surface area contributed by atoms with Gasteiger partial charge in [-0.2, -0.15) is 5.10 Å². The zero-order valence-electron chi connectivity index (χ0n) is 18.4. The van der Waals surface area contributed by atoms with E-state index in [9.17, 15) is 9.90 Å². The molecular formula is C26H26N2O5. The van der Waals surface area contributed by atoms with Crippen molar-refractivity contribution >= 4 is 11.6 Å². The number of benzene rings is 2. The van der Waals surface area contributed by atoms with Crippen LogP contribution in [-0.4, -0.2) is 35.5 Å². The summed E-state index contributed by atoms with van der Waals surface area (Å²) in [6.07, 6.45) is 4.13. The van der Waals surface area contributed by atoms with Crippen molar-refractivity contribution in [3.8, 4) is 11.5 Å². The first-order valence-corrected chi connectivity index (χ1v) is 11.1. The molecule has 0 bridgehead atoms. The number of carbonyl (C=O) groups excluding carboxylic acids is 1. The fourth-order valence-corrected chi connectivity index (χ4v) is 4.53. The van der Waals surface area contributed by atoms with Crippen LogP contribution in [0.25, 0.3) is 0 Å². The van der Waals surface area contributed by atoms with Gasteiger partial charge in [0.2, 0.25) is 0 Å². The number of hydrazone groups is 1. The summed E-state index contributed by atoms with van der Waals surface area (Å²) in [5, 5.41) is 16.4. The molecule has 1 aliphatic heterocycles. The molecule has 0 radical (unpaired) electrons. The van der Waals surface area contributed by atoms with Gasteiger partial charge in [-0.05, 0) is 78.4 Å². The molecule has 2 unspecified atom stereocenters. The topological polar surface area (TPSA) is 84.5 Å². The predicted molar refractivity (Wildman–Crippen MR) is 122 cm³/mol. The summed E-state index contributed by atoms with van der Waals surface area (Å²) >= 11 is 0. The summed E-state index contributed by atoms with van der Waals surface area (Å²) in [7, 11) is 1.63. The Morgan fingerprint density at radius 2 is 2.03 bits per heavy atom. The van der Waals surface area contributed by atoms with Crippen molar-refractivity contribution < 1.29 is 23.8 Å². The number of furan rings is 1. The number of methoxy groups -OCH3 is 1. The van der Waals surface area contributed by atoms with Gasteiger partial charge < -0.3 is 19.0 Å². The molecule has 2 aliphatic rings. The predicted octanol–water partition coefficient (Wildman–Crippen LogP) is 4.41. The molecule has 1 aliphatic carbocycles. The lowest BCUT2D eigenvalue weighted by molar-refractivity contribution is -0.135. The summed E-state index contributed by atoms with van der Waals surface area (Å²) in [6.45, 7) is -0.150. The van der Waals surface area contributed by atoms with E-state index in [1.165, 1.54) is 5.01 Å². The minimum absolute atomic E-state index is 0.150. The van der Waals surface area contributed by atoms with Crippen LogP contribution in [0.1, 0.15) is 53.9 Å². The van der Waals surface area contributed by atoms with Crippen LogP contribution < -0.4 is 9.47 Å². The zero-order valence-corrected chi connectivity index (χ0v) is 18.4. The van der Waals surface area contributed by atoms with Gasteiger partial charge in [0.05, 0.1) is 25.2 Å². The maximum Gasteiger partial charge on any atom is 0.281 e. The van der Waals surface area contributed by atoms with Gasteiger partial charge in [0.25, 0.3) is 5.91 Å². The lowest BCUT2D eigenvalue weighted by atomic mass is 9.89. The molecule has 1 aromatic heterocycles. The van der Waals surface area contributed by atoms with Crippen molar-refractivity contribution in [2.45, 2.75) is 37.8 Å². The Labute approximate surface area is 192 Å². The Morgan fingerprint density at radius 3 is 2.79 bits per heavy atom. The molecule has 5 rings (SSSR count). The van der Waals surface area contributed by atoms with Crippen LogP contribution in [0.2, 0.25) is 0 Å². The Morgan fingerprint density at radius 1 is 1.18 bits per heavy atom. The Bertz CT molecular complexity index is 1150. The van der Waals surface area contributed by atoms with E-state index < -0.39 is 6.10 Å². The molecule has 2 aromatic carbocycles. The van der Waals surface area contributed by atoms with Crippen molar-refractivity contribution in [3.05, 3.63) is 83.3 Å². The largest absolute Gasteiger partial charge is 0.497 e. The van der Waals surface area contributed by atoms with Gasteiger partial charge in [-0.1, -0.05) is 12.1 Å². The molecule has 0 saturated carbocycles. The number of aliphatic hydroxyl groups excluding tert-OH is 1. The summed E-state index contributed by atoms with van der Waals surface area (Å²) in [5.41, 5.74) is 3.60. The first-order valence-electron chi connectivity index (χ1n) is 11.1. The molecule has 7 heteroatoms. The normalized spacial score (nSPS) is 19.7. The first kappa shape index (κ1) is 21.3. The van der Waals surface area contributed by atoms with E-state index in [1.807, 2.05) is 48.5 Å². The number of hydrogen-bond donors (Lipinski definition) is 1. The molecule has 1 N–H and O–H groups in total. The third-order valence-corrected chi connectivity index (χ3v) is 6.24. The van der Waals surface area contributed by atoms with Gasteiger partial charge >= 0.3 is 0 Å². The number of amides is 1. The second kappa shape index (κ2) is 9.11. The quantitative estimate of drug-likeness (QED) is 0.606. The zero-order chi connectivity index (χ0) is 22.8. The van der Waals surface area contributed by atoms with Crippen molar-refractivity contribution in [2.75, 3.05) is 13.7 Å². The monoisotopic (exact) mass is 446 g/mol.